The van der Waals surface area contributed by atoms with Crippen molar-refractivity contribution in [3.05, 3.63) is 285 Å². The monoisotopic (exact) mass is 1520 g/mol. The molecule has 0 saturated heterocycles. The molecular formula is C67H75Cl5IN15S4. The molecular weight excluding hydrogens is 1450 g/mol. The summed E-state index contributed by atoms with van der Waals surface area (Å²) in [7, 11) is 0. The van der Waals surface area contributed by atoms with Gasteiger partial charge in [0.1, 0.15) is 25.3 Å². The SMILES string of the molecule is CC#N.NCCc1ccc(Cl)cc1.NCCc1ccc(Cl)cc1.S=C(NCCc1ccc(Cl)cc1)NCCc1ccc(Cl)cc1.S=C(NCCc1ccccc1)NCCc1ccc(Cl)cc1.S=C(n1ccnc1)n1ccnc1.S=C(n1ccnc1)n1ccnc1.[2H]C([3H])I. The highest BCUT2D eigenvalue weighted by Crippen LogP contribution is 2.13. The molecule has 0 bridgehead atoms. The van der Waals surface area contributed by atoms with E-state index in [0.29, 0.717) is 33.5 Å². The number of benzene rings is 6. The van der Waals surface area contributed by atoms with Crippen LogP contribution in [-0.4, -0.2) is 103 Å². The van der Waals surface area contributed by atoms with Gasteiger partial charge in [0.25, 0.3) is 0 Å². The summed E-state index contributed by atoms with van der Waals surface area (Å²) in [6, 6.07) is 51.3. The van der Waals surface area contributed by atoms with Gasteiger partial charge in [-0.3, -0.25) is 18.3 Å². The number of nitriles is 1. The van der Waals surface area contributed by atoms with Crippen molar-refractivity contribution in [1.29, 1.82) is 5.26 Å². The average molecular weight is 1530 g/mol. The van der Waals surface area contributed by atoms with E-state index >= 15 is 0 Å². The van der Waals surface area contributed by atoms with Crippen LogP contribution in [0.25, 0.3) is 0 Å². The molecule has 10 rings (SSSR count). The largest absolute Gasteiger partial charge is 0.362 e. The molecule has 484 valence electrons. The van der Waals surface area contributed by atoms with Gasteiger partial charge < -0.3 is 32.7 Å². The third-order valence-electron chi connectivity index (χ3n) is 12.0. The zero-order valence-corrected chi connectivity index (χ0v) is 59.7. The zero-order chi connectivity index (χ0) is 68.6. The van der Waals surface area contributed by atoms with Crippen LogP contribution in [0.15, 0.2) is 227 Å². The molecule has 0 saturated carbocycles. The fourth-order valence-corrected chi connectivity index (χ4v) is 8.87. The van der Waals surface area contributed by atoms with E-state index < -0.39 is 4.88 Å². The predicted octanol–water partition coefficient (Wildman–Crippen LogP) is 14.6. The van der Waals surface area contributed by atoms with Gasteiger partial charge >= 0.3 is 0 Å². The van der Waals surface area contributed by atoms with Gasteiger partial charge in [-0.1, -0.05) is 172 Å². The fraction of sp³-hybridized carbons (Fsp3) is 0.209. The van der Waals surface area contributed by atoms with Crippen LogP contribution in [0.5, 0.6) is 0 Å². The molecule has 4 aromatic heterocycles. The number of hydrogen-bond donors (Lipinski definition) is 6. The van der Waals surface area contributed by atoms with E-state index in [9.17, 15) is 0 Å². The molecule has 1 unspecified atom stereocenters. The van der Waals surface area contributed by atoms with Gasteiger partial charge in [0.15, 0.2) is 20.4 Å². The van der Waals surface area contributed by atoms with Gasteiger partial charge in [-0.15, -0.1) is 0 Å². The van der Waals surface area contributed by atoms with Crippen molar-refractivity contribution in [2.24, 2.45) is 11.5 Å². The van der Waals surface area contributed by atoms with E-state index in [1.165, 1.54) is 40.3 Å². The molecule has 0 radical (unpaired) electrons. The molecule has 0 fully saturated rings. The molecule has 0 aliphatic carbocycles. The van der Waals surface area contributed by atoms with E-state index in [2.05, 4.69) is 65.5 Å². The minimum Gasteiger partial charge on any atom is -0.362 e. The average Bonchev–Trinajstić information content (AvgIpc) is 2.06. The quantitative estimate of drug-likeness (QED) is 0.0304. The molecule has 8 N–H and O–H groups in total. The minimum atomic E-state index is -0.697. The fourth-order valence-electron chi connectivity index (χ4n) is 7.40. The highest BCUT2D eigenvalue weighted by molar-refractivity contribution is 14.1. The van der Waals surface area contributed by atoms with Crippen LogP contribution in [0.1, 0.15) is 43.0 Å². The molecule has 0 aliphatic heterocycles. The highest BCUT2D eigenvalue weighted by atomic mass is 127. The molecule has 92 heavy (non-hydrogen) atoms. The van der Waals surface area contributed by atoms with E-state index in [1.807, 2.05) is 127 Å². The van der Waals surface area contributed by atoms with Crippen LogP contribution in [0, 0.1) is 11.3 Å². The van der Waals surface area contributed by atoms with Crippen LogP contribution < -0.4 is 32.7 Å². The maximum atomic E-state index is 7.32. The van der Waals surface area contributed by atoms with E-state index in [1.54, 1.807) is 122 Å². The molecule has 0 aliphatic rings. The second-order valence-electron chi connectivity index (χ2n) is 18.7. The Hall–Kier alpha value is -6.69. The molecule has 6 aromatic carbocycles. The Balaban J connectivity index is 0.000000296. The van der Waals surface area contributed by atoms with Gasteiger partial charge in [0.2, 0.25) is 0 Å². The third-order valence-corrected chi connectivity index (χ3v) is 14.7. The van der Waals surface area contributed by atoms with Crippen LogP contribution in [0.4, 0.5) is 0 Å². The number of thiocarbonyl (C=S) groups is 4. The lowest BCUT2D eigenvalue weighted by molar-refractivity contribution is 0.802. The Kier molecular flexibility index (Phi) is 41.2. The number of nitrogens with one attached hydrogen (secondary N) is 4. The second kappa shape index (κ2) is 49.9. The first-order valence-corrected chi connectivity index (χ1v) is 33.2. The van der Waals surface area contributed by atoms with Gasteiger partial charge in [0, 0.05) is 111 Å². The Morgan fingerprint density at radius 3 is 0.848 bits per heavy atom. The first-order chi connectivity index (χ1) is 45.4. The van der Waals surface area contributed by atoms with Gasteiger partial charge in [-0.05, 0) is 199 Å². The highest BCUT2D eigenvalue weighted by Gasteiger charge is 2.03. The Morgan fingerprint density at radius 2 is 0.652 bits per heavy atom. The lowest BCUT2D eigenvalue weighted by Crippen LogP contribution is -2.37. The van der Waals surface area contributed by atoms with E-state index in [4.69, 9.17) is 126 Å². The molecule has 4 heterocycles. The molecule has 0 spiro atoms. The van der Waals surface area contributed by atoms with Crippen molar-refractivity contribution in [3.63, 3.8) is 0 Å². The number of rotatable bonds is 16. The molecule has 15 nitrogen and oxygen atoms in total. The first-order valence-electron chi connectivity index (χ1n) is 29.6. The lowest BCUT2D eigenvalue weighted by Gasteiger charge is -2.10. The summed E-state index contributed by atoms with van der Waals surface area (Å²) >= 11 is 51.4. The van der Waals surface area contributed by atoms with Crippen LogP contribution >= 0.6 is 129 Å². The predicted molar refractivity (Wildman–Crippen MR) is 408 cm³/mol. The van der Waals surface area contributed by atoms with Gasteiger partial charge in [-0.25, -0.2) is 19.9 Å². The maximum absolute atomic E-state index is 7.32. The van der Waals surface area contributed by atoms with Crippen molar-refractivity contribution in [2.45, 2.75) is 45.4 Å². The minimum absolute atomic E-state index is 0.644. The summed E-state index contributed by atoms with van der Waals surface area (Å²) in [6.45, 7) is 6.09. The Morgan fingerprint density at radius 1 is 0.446 bits per heavy atom. The van der Waals surface area contributed by atoms with Crippen LogP contribution in [0.3, 0.4) is 0 Å². The van der Waals surface area contributed by atoms with Crippen LogP contribution in [0.2, 0.25) is 25.1 Å². The molecule has 10 aromatic rings. The van der Waals surface area contributed by atoms with Crippen molar-refractivity contribution >= 4 is 150 Å². The molecule has 0 amide bonds. The van der Waals surface area contributed by atoms with Crippen molar-refractivity contribution in [3.8, 4) is 6.07 Å². The van der Waals surface area contributed by atoms with E-state index in [0.717, 1.165) is 89.8 Å². The normalized spacial score (nSPS) is 10.3. The summed E-state index contributed by atoms with van der Waals surface area (Å²) in [4.78, 5) is 14.9. The van der Waals surface area contributed by atoms with Crippen LogP contribution in [-0.2, 0) is 38.5 Å². The smallest absolute Gasteiger partial charge is 0.190 e. The van der Waals surface area contributed by atoms with Crippen molar-refractivity contribution < 1.29 is 2.74 Å². The Bertz CT molecular complexity index is 3360. The number of alkyl halides is 1. The van der Waals surface area contributed by atoms with Crippen molar-refractivity contribution in [1.82, 2.24) is 59.5 Å². The summed E-state index contributed by atoms with van der Waals surface area (Å²) in [5.41, 5.74) is 18.3. The number of halogens is 6. The molecule has 25 heteroatoms. The summed E-state index contributed by atoms with van der Waals surface area (Å²) in [5, 5.41) is 26.7. The second-order valence-corrected chi connectivity index (χ2v) is 22.5. The number of aromatic nitrogens is 8. The summed E-state index contributed by atoms with van der Waals surface area (Å²) < 4.78 is 19.5. The topological polar surface area (TPSA) is 195 Å². The van der Waals surface area contributed by atoms with Crippen molar-refractivity contribution in [2.75, 3.05) is 44.2 Å². The lowest BCUT2D eigenvalue weighted by atomic mass is 10.1. The number of hydrogen-bond acceptors (Lipinski definition) is 11. The summed E-state index contributed by atoms with van der Waals surface area (Å²) in [5.74, 6) is 0. The van der Waals surface area contributed by atoms with Gasteiger partial charge in [0.05, 0.1) is 6.07 Å². The first kappa shape index (κ1) is 76.0. The van der Waals surface area contributed by atoms with E-state index in [-0.39, 0.29) is 0 Å². The Labute approximate surface area is 604 Å². The number of nitrogens with zero attached hydrogens (tertiary/aromatic N) is 9. The number of nitrogens with two attached hydrogens (primary N) is 2. The maximum Gasteiger partial charge on any atom is 0.190 e. The number of imidazole rings is 4. The van der Waals surface area contributed by atoms with Gasteiger partial charge in [-0.2, -0.15) is 5.26 Å². The third kappa shape index (κ3) is 35.9. The summed E-state index contributed by atoms with van der Waals surface area (Å²) in [6.07, 6.45) is 26.1. The molecule has 1 atom stereocenters. The standard InChI is InChI=1S/C17H18Cl2N2S.C17H19ClN2S.2C8H10ClN.2C7H6N4S.C2H3N.CH3I/c18-15-5-1-13(2-6-15)9-11-20-17(22)21-12-10-14-3-7-16(19)8-4-14;18-16-8-6-15(7-9-16)11-13-20-17(21)19-12-10-14-4-2-1-3-5-14;2*9-8-3-1-7(2-4-8)5-6-10;2*12-7(10-3-1-8-5-10)11-4-2-9-6-11;1-2-3;1-2/h1-8H,9-12H2,(H2,20,21,22);1-9H,10-13H2,(H2,19,20,21);2*1-4H,5-6,10H2;2*1-6H;1H3;1H3/i;;;;;;;1TD. The zero-order valence-electron chi connectivity index (χ0n) is 52.5.